The maximum atomic E-state index is 12.5. The third-order valence-corrected chi connectivity index (χ3v) is 5.05. The van der Waals surface area contributed by atoms with Crippen molar-refractivity contribution in [2.24, 2.45) is 0 Å². The second kappa shape index (κ2) is 10.1. The van der Waals surface area contributed by atoms with E-state index in [9.17, 15) is 4.79 Å². The van der Waals surface area contributed by atoms with Gasteiger partial charge in [0.1, 0.15) is 12.4 Å². The van der Waals surface area contributed by atoms with Crippen molar-refractivity contribution < 1.29 is 9.53 Å². The van der Waals surface area contributed by atoms with Gasteiger partial charge in [0.05, 0.1) is 0 Å². The molecular weight excluding hydrogens is 348 g/mol. The quantitative estimate of drug-likeness (QED) is 0.725. The molecule has 1 N–H and O–H groups in total. The largest absolute Gasteiger partial charge is 0.489 e. The van der Waals surface area contributed by atoms with Crippen molar-refractivity contribution in [2.75, 3.05) is 19.6 Å². The van der Waals surface area contributed by atoms with Crippen molar-refractivity contribution in [2.45, 2.75) is 39.3 Å². The summed E-state index contributed by atoms with van der Waals surface area (Å²) in [6.45, 7) is 7.83. The number of ether oxygens (including phenoxy) is 1. The lowest BCUT2D eigenvalue weighted by Crippen LogP contribution is -2.44. The Bertz CT molecular complexity index is 772. The first-order chi connectivity index (χ1) is 13.6. The number of hydrogen-bond donors (Lipinski definition) is 1. The van der Waals surface area contributed by atoms with E-state index in [-0.39, 0.29) is 11.9 Å². The molecule has 0 unspecified atom stereocenters. The fourth-order valence-electron chi connectivity index (χ4n) is 3.28. The number of nitrogens with one attached hydrogen (secondary N) is 1. The zero-order valence-corrected chi connectivity index (χ0v) is 16.9. The third kappa shape index (κ3) is 6.24. The number of para-hydroxylation sites is 1. The molecular formula is C24H30N2O2. The molecule has 1 aliphatic heterocycles. The highest BCUT2D eigenvalue weighted by atomic mass is 16.5. The van der Waals surface area contributed by atoms with Crippen molar-refractivity contribution in [1.29, 1.82) is 0 Å². The fraction of sp³-hybridized carbons (Fsp3) is 0.375. The van der Waals surface area contributed by atoms with Crippen LogP contribution in [0.25, 0.3) is 0 Å². The lowest BCUT2D eigenvalue weighted by atomic mass is 10.0. The highest BCUT2D eigenvalue weighted by Crippen LogP contribution is 2.14. The normalized spacial score (nSPS) is 15.1. The molecule has 1 amide bonds. The Morgan fingerprint density at radius 2 is 1.75 bits per heavy atom. The van der Waals surface area contributed by atoms with Crippen LogP contribution in [0.2, 0.25) is 0 Å². The number of carbonyl (C=O) groups excluding carboxylic acids is 1. The Balaban J connectivity index is 1.44. The average molecular weight is 379 g/mol. The van der Waals surface area contributed by atoms with E-state index in [2.05, 4.69) is 30.1 Å². The summed E-state index contributed by atoms with van der Waals surface area (Å²) in [7, 11) is 0. The van der Waals surface area contributed by atoms with Crippen molar-refractivity contribution in [3.8, 4) is 5.75 Å². The van der Waals surface area contributed by atoms with Crippen LogP contribution in [-0.2, 0) is 6.61 Å². The number of nitrogens with zero attached hydrogens (tertiary/aromatic N) is 1. The molecule has 0 spiro atoms. The first-order valence-electron chi connectivity index (χ1n) is 10.0. The van der Waals surface area contributed by atoms with Crippen molar-refractivity contribution in [3.05, 3.63) is 77.4 Å². The molecule has 0 atom stereocenters. The van der Waals surface area contributed by atoms with Gasteiger partial charge in [0, 0.05) is 31.2 Å². The predicted molar refractivity (Wildman–Crippen MR) is 114 cm³/mol. The van der Waals surface area contributed by atoms with Crippen LogP contribution in [-0.4, -0.2) is 36.5 Å². The molecule has 1 saturated heterocycles. The molecule has 0 radical (unpaired) electrons. The first-order valence-corrected chi connectivity index (χ1v) is 10.0. The minimum absolute atomic E-state index is 0.0123. The van der Waals surface area contributed by atoms with E-state index in [1.807, 2.05) is 54.6 Å². The van der Waals surface area contributed by atoms with Gasteiger partial charge in [-0.05, 0) is 56.5 Å². The highest BCUT2D eigenvalue weighted by molar-refractivity contribution is 5.94. The van der Waals surface area contributed by atoms with Crippen LogP contribution in [0.15, 0.2) is 66.2 Å². The lowest BCUT2D eigenvalue weighted by Gasteiger charge is -2.31. The summed E-state index contributed by atoms with van der Waals surface area (Å²) < 4.78 is 5.75. The summed E-state index contributed by atoms with van der Waals surface area (Å²) in [5.41, 5.74) is 3.11. The standard InChI is InChI=1S/C24H30N2O2/c1-19(2)12-15-26-16-13-22(14-17-26)25-24(27)21-10-8-20(9-11-21)18-28-23-6-4-3-5-7-23/h3-12,22H,13-18H2,1-2H3,(H,25,27). The summed E-state index contributed by atoms with van der Waals surface area (Å²) in [4.78, 5) is 15.0. The van der Waals surface area contributed by atoms with Gasteiger partial charge in [0.25, 0.3) is 5.91 Å². The van der Waals surface area contributed by atoms with Crippen molar-refractivity contribution in [3.63, 3.8) is 0 Å². The molecule has 0 saturated carbocycles. The van der Waals surface area contributed by atoms with E-state index in [0.29, 0.717) is 12.2 Å². The van der Waals surface area contributed by atoms with E-state index < -0.39 is 0 Å². The predicted octanol–water partition coefficient (Wildman–Crippen LogP) is 4.43. The Morgan fingerprint density at radius 3 is 2.39 bits per heavy atom. The van der Waals surface area contributed by atoms with Crippen LogP contribution in [0, 0.1) is 0 Å². The number of piperidine rings is 1. The molecule has 28 heavy (non-hydrogen) atoms. The maximum Gasteiger partial charge on any atom is 0.251 e. The monoisotopic (exact) mass is 378 g/mol. The molecule has 0 aliphatic carbocycles. The molecule has 1 fully saturated rings. The number of benzene rings is 2. The zero-order valence-electron chi connectivity index (χ0n) is 16.9. The van der Waals surface area contributed by atoms with Crippen molar-refractivity contribution in [1.82, 2.24) is 10.2 Å². The summed E-state index contributed by atoms with van der Waals surface area (Å²) in [5.74, 6) is 0.860. The van der Waals surface area contributed by atoms with Gasteiger partial charge in [-0.25, -0.2) is 0 Å². The Kier molecular flexibility index (Phi) is 7.26. The molecule has 4 heteroatoms. The zero-order chi connectivity index (χ0) is 19.8. The van der Waals surface area contributed by atoms with Crippen LogP contribution in [0.3, 0.4) is 0 Å². The second-order valence-electron chi connectivity index (χ2n) is 7.63. The summed E-state index contributed by atoms with van der Waals surface area (Å²) >= 11 is 0. The van der Waals surface area contributed by atoms with E-state index in [1.165, 1.54) is 5.57 Å². The Labute approximate surface area is 168 Å². The Morgan fingerprint density at radius 1 is 1.07 bits per heavy atom. The van der Waals surface area contributed by atoms with Crippen LogP contribution in [0.5, 0.6) is 5.75 Å². The number of carbonyl (C=O) groups is 1. The lowest BCUT2D eigenvalue weighted by molar-refractivity contribution is 0.0914. The minimum atomic E-state index is 0.0123. The minimum Gasteiger partial charge on any atom is -0.489 e. The second-order valence-corrected chi connectivity index (χ2v) is 7.63. The molecule has 1 heterocycles. The summed E-state index contributed by atoms with van der Waals surface area (Å²) in [6.07, 6.45) is 4.28. The molecule has 3 rings (SSSR count). The number of allylic oxidation sites excluding steroid dienone is 1. The summed E-state index contributed by atoms with van der Waals surface area (Å²) in [5, 5.41) is 3.19. The highest BCUT2D eigenvalue weighted by Gasteiger charge is 2.20. The van der Waals surface area contributed by atoms with Gasteiger partial charge < -0.3 is 10.1 Å². The Hall–Kier alpha value is -2.59. The van der Waals surface area contributed by atoms with Crippen LogP contribution >= 0.6 is 0 Å². The van der Waals surface area contributed by atoms with Gasteiger partial charge in [0.2, 0.25) is 0 Å². The van der Waals surface area contributed by atoms with Gasteiger partial charge in [-0.2, -0.15) is 0 Å². The van der Waals surface area contributed by atoms with Crippen molar-refractivity contribution >= 4 is 5.91 Å². The van der Waals surface area contributed by atoms with Crippen LogP contribution in [0.4, 0.5) is 0 Å². The molecule has 148 valence electrons. The molecule has 0 aromatic heterocycles. The molecule has 1 aliphatic rings. The first kappa shape index (κ1) is 20.2. The van der Waals surface area contributed by atoms with Crippen LogP contribution < -0.4 is 10.1 Å². The number of amides is 1. The fourth-order valence-corrected chi connectivity index (χ4v) is 3.28. The molecule has 2 aromatic carbocycles. The van der Waals surface area contributed by atoms with Gasteiger partial charge in [0.15, 0.2) is 0 Å². The summed E-state index contributed by atoms with van der Waals surface area (Å²) in [6, 6.07) is 17.7. The molecule has 0 bridgehead atoms. The third-order valence-electron chi connectivity index (χ3n) is 5.05. The number of likely N-dealkylation sites (tertiary alicyclic amines) is 1. The van der Waals surface area contributed by atoms with E-state index >= 15 is 0 Å². The van der Waals surface area contributed by atoms with E-state index in [4.69, 9.17) is 4.74 Å². The molecule has 4 nitrogen and oxygen atoms in total. The topological polar surface area (TPSA) is 41.6 Å². The van der Waals surface area contributed by atoms with E-state index in [1.54, 1.807) is 0 Å². The SMILES string of the molecule is CC(C)=CCN1CCC(NC(=O)c2ccc(COc3ccccc3)cc2)CC1. The molecule has 2 aromatic rings. The number of hydrogen-bond acceptors (Lipinski definition) is 3. The smallest absolute Gasteiger partial charge is 0.251 e. The van der Waals surface area contributed by atoms with Gasteiger partial charge in [-0.3, -0.25) is 9.69 Å². The van der Waals surface area contributed by atoms with Gasteiger partial charge >= 0.3 is 0 Å². The van der Waals surface area contributed by atoms with Gasteiger partial charge in [-0.1, -0.05) is 42.0 Å². The van der Waals surface area contributed by atoms with E-state index in [0.717, 1.165) is 43.8 Å². The maximum absolute atomic E-state index is 12.5. The van der Waals surface area contributed by atoms with Gasteiger partial charge in [-0.15, -0.1) is 0 Å². The van der Waals surface area contributed by atoms with Crippen LogP contribution in [0.1, 0.15) is 42.6 Å². The number of rotatable bonds is 7. The average Bonchev–Trinajstić information content (AvgIpc) is 2.73.